The van der Waals surface area contributed by atoms with Gasteiger partial charge in [-0.3, -0.25) is 14.2 Å². The van der Waals surface area contributed by atoms with Crippen LogP contribution in [0.25, 0.3) is 0 Å². The molecule has 0 N–H and O–H groups in total. The lowest BCUT2D eigenvalue weighted by atomic mass is 10.4. The molecule has 0 fully saturated rings. The predicted octanol–water partition coefficient (Wildman–Crippen LogP) is 1.60. The van der Waals surface area contributed by atoms with Crippen LogP contribution in [0.2, 0.25) is 0 Å². The summed E-state index contributed by atoms with van der Waals surface area (Å²) in [4.78, 5) is 23.2. The van der Waals surface area contributed by atoms with Gasteiger partial charge >= 0.3 is 0 Å². The van der Waals surface area contributed by atoms with Crippen LogP contribution >= 0.6 is 11.3 Å². The molecule has 0 aromatic carbocycles. The van der Waals surface area contributed by atoms with Crippen LogP contribution in [0, 0.1) is 0 Å². The normalized spacial score (nSPS) is 10.0. The van der Waals surface area contributed by atoms with Gasteiger partial charge in [0.2, 0.25) is 0 Å². The molecule has 0 bridgehead atoms. The molecule has 0 unspecified atom stereocenters. The van der Waals surface area contributed by atoms with Crippen LogP contribution in [0.5, 0.6) is 0 Å². The molecule has 2 aromatic rings. The van der Waals surface area contributed by atoms with E-state index < -0.39 is 0 Å². The first-order valence-corrected chi connectivity index (χ1v) is 4.92. The van der Waals surface area contributed by atoms with Gasteiger partial charge in [0.05, 0.1) is 4.88 Å². The van der Waals surface area contributed by atoms with Crippen molar-refractivity contribution in [2.24, 2.45) is 0 Å². The molecule has 0 saturated carbocycles. The molecular formula is C10H7NO2S. The van der Waals surface area contributed by atoms with E-state index in [1.54, 1.807) is 6.07 Å². The summed E-state index contributed by atoms with van der Waals surface area (Å²) in [6, 6.07) is 6.31. The summed E-state index contributed by atoms with van der Waals surface area (Å²) in [5.41, 5.74) is -0.0970. The Balaban J connectivity index is 2.37. The zero-order valence-corrected chi connectivity index (χ0v) is 8.03. The Morgan fingerprint density at radius 1 is 1.21 bits per heavy atom. The molecule has 0 amide bonds. The van der Waals surface area contributed by atoms with Gasteiger partial charge in [-0.05, 0) is 11.4 Å². The third-order valence-corrected chi connectivity index (χ3v) is 2.62. The van der Waals surface area contributed by atoms with Gasteiger partial charge in [0.15, 0.2) is 5.43 Å². The third-order valence-electron chi connectivity index (χ3n) is 1.77. The molecular weight excluding hydrogens is 198 g/mol. The minimum atomic E-state index is -0.111. The van der Waals surface area contributed by atoms with Gasteiger partial charge in [-0.15, -0.1) is 11.3 Å². The van der Waals surface area contributed by atoms with Crippen LogP contribution in [0.3, 0.4) is 0 Å². The van der Waals surface area contributed by atoms with E-state index in [9.17, 15) is 9.59 Å². The predicted molar refractivity (Wildman–Crippen MR) is 54.7 cm³/mol. The molecule has 14 heavy (non-hydrogen) atoms. The second kappa shape index (κ2) is 3.59. The van der Waals surface area contributed by atoms with Crippen LogP contribution in [-0.2, 0) is 0 Å². The lowest BCUT2D eigenvalue weighted by Crippen LogP contribution is -2.12. The Morgan fingerprint density at radius 2 is 1.93 bits per heavy atom. The summed E-state index contributed by atoms with van der Waals surface area (Å²) >= 11 is 1.38. The SMILES string of the molecule is O=C(c1cccs1)n1ccc(=O)cc1. The second-order valence-electron chi connectivity index (χ2n) is 2.72. The van der Waals surface area contributed by atoms with Gasteiger partial charge in [-0.2, -0.15) is 0 Å². The molecule has 0 aliphatic rings. The quantitative estimate of drug-likeness (QED) is 0.709. The first-order chi connectivity index (χ1) is 6.77. The van der Waals surface area contributed by atoms with Crippen LogP contribution in [0.4, 0.5) is 0 Å². The highest BCUT2D eigenvalue weighted by atomic mass is 32.1. The van der Waals surface area contributed by atoms with Crippen LogP contribution in [0.15, 0.2) is 46.8 Å². The van der Waals surface area contributed by atoms with Gasteiger partial charge in [0, 0.05) is 24.5 Å². The van der Waals surface area contributed by atoms with Crippen molar-refractivity contribution in [2.45, 2.75) is 0 Å². The van der Waals surface area contributed by atoms with Crippen molar-refractivity contribution in [1.29, 1.82) is 0 Å². The largest absolute Gasteiger partial charge is 0.290 e. The minimum Gasteiger partial charge on any atom is -0.290 e. The minimum absolute atomic E-state index is 0.0970. The monoisotopic (exact) mass is 205 g/mol. The number of carbonyl (C=O) groups is 1. The van der Waals surface area contributed by atoms with Gasteiger partial charge in [-0.1, -0.05) is 6.07 Å². The first-order valence-electron chi connectivity index (χ1n) is 4.04. The van der Waals surface area contributed by atoms with Crippen molar-refractivity contribution in [3.63, 3.8) is 0 Å². The average Bonchev–Trinajstić information content (AvgIpc) is 2.71. The summed E-state index contributed by atoms with van der Waals surface area (Å²) < 4.78 is 1.40. The molecule has 2 heterocycles. The van der Waals surface area contributed by atoms with Crippen molar-refractivity contribution in [3.8, 4) is 0 Å². The Kier molecular flexibility index (Phi) is 2.28. The molecule has 3 nitrogen and oxygen atoms in total. The highest BCUT2D eigenvalue weighted by Crippen LogP contribution is 2.09. The number of hydrogen-bond donors (Lipinski definition) is 0. The van der Waals surface area contributed by atoms with Crippen LogP contribution < -0.4 is 5.43 Å². The topological polar surface area (TPSA) is 39.1 Å². The number of thiophene rings is 1. The van der Waals surface area contributed by atoms with E-state index in [1.165, 1.54) is 40.4 Å². The summed E-state index contributed by atoms with van der Waals surface area (Å²) in [5, 5.41) is 1.84. The molecule has 0 aliphatic carbocycles. The molecule has 2 rings (SSSR count). The van der Waals surface area contributed by atoms with Crippen molar-refractivity contribution in [1.82, 2.24) is 4.57 Å². The van der Waals surface area contributed by atoms with Gasteiger partial charge in [0.25, 0.3) is 5.91 Å². The van der Waals surface area contributed by atoms with Gasteiger partial charge < -0.3 is 0 Å². The molecule has 2 aromatic heterocycles. The molecule has 0 saturated heterocycles. The summed E-state index contributed by atoms with van der Waals surface area (Å²) in [5.74, 6) is -0.111. The molecule has 0 atom stereocenters. The molecule has 0 spiro atoms. The summed E-state index contributed by atoms with van der Waals surface area (Å²) in [6.45, 7) is 0. The fourth-order valence-corrected chi connectivity index (χ4v) is 1.74. The van der Waals surface area contributed by atoms with E-state index in [0.29, 0.717) is 4.88 Å². The maximum Gasteiger partial charge on any atom is 0.271 e. The first kappa shape index (κ1) is 8.90. The standard InChI is InChI=1S/C10H7NO2S/c12-8-3-5-11(6-4-8)10(13)9-2-1-7-14-9/h1-7H. The molecule has 0 aliphatic heterocycles. The fraction of sp³-hybridized carbons (Fsp3) is 0. The summed E-state index contributed by atoms with van der Waals surface area (Å²) in [6.07, 6.45) is 2.95. The zero-order valence-electron chi connectivity index (χ0n) is 7.21. The fourth-order valence-electron chi connectivity index (χ4n) is 1.08. The van der Waals surface area contributed by atoms with Gasteiger partial charge in [0.1, 0.15) is 0 Å². The average molecular weight is 205 g/mol. The lowest BCUT2D eigenvalue weighted by Gasteiger charge is -2.00. The van der Waals surface area contributed by atoms with Crippen molar-refractivity contribution >= 4 is 17.2 Å². The Hall–Kier alpha value is -1.68. The van der Waals surface area contributed by atoms with E-state index in [1.807, 2.05) is 11.4 Å². The van der Waals surface area contributed by atoms with Crippen molar-refractivity contribution in [2.75, 3.05) is 0 Å². The molecule has 70 valence electrons. The number of aromatic nitrogens is 1. The molecule has 0 radical (unpaired) electrons. The lowest BCUT2D eigenvalue weighted by molar-refractivity contribution is 0.0963. The highest BCUT2D eigenvalue weighted by Gasteiger charge is 2.06. The van der Waals surface area contributed by atoms with E-state index in [2.05, 4.69) is 0 Å². The Morgan fingerprint density at radius 3 is 2.50 bits per heavy atom. The number of rotatable bonds is 1. The molecule has 4 heteroatoms. The van der Waals surface area contributed by atoms with Crippen molar-refractivity contribution in [3.05, 3.63) is 57.1 Å². The summed E-state index contributed by atoms with van der Waals surface area (Å²) in [7, 11) is 0. The second-order valence-corrected chi connectivity index (χ2v) is 3.67. The van der Waals surface area contributed by atoms with Gasteiger partial charge in [-0.25, -0.2) is 0 Å². The number of hydrogen-bond acceptors (Lipinski definition) is 3. The smallest absolute Gasteiger partial charge is 0.271 e. The Labute approximate surface area is 84.2 Å². The van der Waals surface area contributed by atoms with Crippen LogP contribution in [-0.4, -0.2) is 10.5 Å². The van der Waals surface area contributed by atoms with E-state index in [0.717, 1.165) is 0 Å². The number of carbonyl (C=O) groups excluding carboxylic acids is 1. The zero-order chi connectivity index (χ0) is 9.97. The third kappa shape index (κ3) is 1.65. The van der Waals surface area contributed by atoms with E-state index in [4.69, 9.17) is 0 Å². The number of pyridine rings is 1. The van der Waals surface area contributed by atoms with Crippen LogP contribution in [0.1, 0.15) is 9.67 Å². The van der Waals surface area contributed by atoms with Crippen molar-refractivity contribution < 1.29 is 4.79 Å². The van der Waals surface area contributed by atoms with E-state index in [-0.39, 0.29) is 11.3 Å². The van der Waals surface area contributed by atoms with E-state index >= 15 is 0 Å². The maximum atomic E-state index is 11.7. The highest BCUT2D eigenvalue weighted by molar-refractivity contribution is 7.12. The maximum absolute atomic E-state index is 11.7. The number of nitrogens with zero attached hydrogens (tertiary/aromatic N) is 1. The Bertz CT molecular complexity index is 479.